The predicted octanol–water partition coefficient (Wildman–Crippen LogP) is -1.35. The zero-order valence-electron chi connectivity index (χ0n) is 18.0. The van der Waals surface area contributed by atoms with Gasteiger partial charge in [0.05, 0.1) is 30.1 Å². The van der Waals surface area contributed by atoms with Crippen LogP contribution in [0, 0.1) is 11.6 Å². The van der Waals surface area contributed by atoms with Crippen LogP contribution in [0.5, 0.6) is 0 Å². The molecule has 0 bridgehead atoms. The van der Waals surface area contributed by atoms with E-state index in [1.807, 2.05) is 29.6 Å². The highest BCUT2D eigenvalue weighted by Gasteiger charge is 2.49. The molecule has 5 atom stereocenters. The second kappa shape index (κ2) is 7.66. The van der Waals surface area contributed by atoms with Gasteiger partial charge in [0.25, 0.3) is 0 Å². The Hall–Kier alpha value is -2.27. The lowest BCUT2D eigenvalue weighted by Gasteiger charge is -2.31. The molecule has 164 valence electrons. The quantitative estimate of drug-likeness (QED) is 0.492. The molecule has 3 aromatic rings. The van der Waals surface area contributed by atoms with Crippen molar-refractivity contribution in [1.82, 2.24) is 14.5 Å². The highest BCUT2D eigenvalue weighted by Crippen LogP contribution is 2.42. The number of halogens is 2. The van der Waals surface area contributed by atoms with E-state index in [4.69, 9.17) is 9.47 Å². The van der Waals surface area contributed by atoms with E-state index in [-0.39, 0.29) is 11.7 Å². The third-order valence-electron chi connectivity index (χ3n) is 6.22. The summed E-state index contributed by atoms with van der Waals surface area (Å²) in [5.41, 5.74) is 2.44. The maximum absolute atomic E-state index is 13.9. The van der Waals surface area contributed by atoms with Gasteiger partial charge in [0, 0.05) is 17.3 Å². The minimum atomic E-state index is -1.30. The Kier molecular flexibility index (Phi) is 5.16. The summed E-state index contributed by atoms with van der Waals surface area (Å²) in [6.07, 6.45) is -1.70. The van der Waals surface area contributed by atoms with Crippen molar-refractivity contribution in [3.63, 3.8) is 0 Å². The van der Waals surface area contributed by atoms with E-state index in [0.29, 0.717) is 23.2 Å². The van der Waals surface area contributed by atoms with Gasteiger partial charge in [-0.05, 0) is 35.7 Å². The van der Waals surface area contributed by atoms with Crippen molar-refractivity contribution in [2.75, 3.05) is 6.61 Å². The lowest BCUT2D eigenvalue weighted by molar-refractivity contribution is -0.113. The number of aliphatic hydroxyl groups excluding tert-OH is 2. The number of nitrogens with zero attached hydrogens (tertiary/aromatic N) is 3. The van der Waals surface area contributed by atoms with Crippen LogP contribution in [-0.4, -0.2) is 73.2 Å². The molecular weight excluding hydrogens is 417 g/mol. The van der Waals surface area contributed by atoms with Gasteiger partial charge in [-0.1, -0.05) is 5.11 Å². The van der Waals surface area contributed by atoms with Crippen LogP contribution in [0.2, 0.25) is 0 Å². The van der Waals surface area contributed by atoms with Gasteiger partial charge in [-0.3, -0.25) is 0 Å². The van der Waals surface area contributed by atoms with E-state index >= 15 is 0 Å². The number of benzene rings is 1. The Balaban J connectivity index is 1.51. The van der Waals surface area contributed by atoms with E-state index in [1.165, 1.54) is 6.33 Å². The number of aliphatic hydroxyl groups is 2. The molecule has 1 saturated heterocycles. The standard InChI is InChI=1S/C20H22B3F2N3O4/c21-20(22,23)17-9-1-3-28(18(9)27-7-26-17)19-14(30)13(29)16(32-19)15-10-6-12(25)11(24)5-8(10)2-4-31-15/h1,3,5-7,13-16,19,29-30H,2,4,21-23H2/t13-,14+,15+,16-,19?/m0/s1. The van der Waals surface area contributed by atoms with Crippen LogP contribution in [0.3, 0.4) is 0 Å². The third kappa shape index (κ3) is 3.37. The van der Waals surface area contributed by atoms with Crippen LogP contribution >= 0.6 is 0 Å². The fourth-order valence-corrected chi connectivity index (χ4v) is 4.68. The summed E-state index contributed by atoms with van der Waals surface area (Å²) in [5.74, 6) is -1.92. The van der Waals surface area contributed by atoms with Crippen molar-refractivity contribution in [2.24, 2.45) is 0 Å². The van der Waals surface area contributed by atoms with Crippen LogP contribution in [0.1, 0.15) is 29.2 Å². The Morgan fingerprint density at radius 3 is 2.59 bits per heavy atom. The summed E-state index contributed by atoms with van der Waals surface area (Å²) in [6.45, 7) is 0.269. The fraction of sp³-hybridized carbons (Fsp3) is 0.400. The third-order valence-corrected chi connectivity index (χ3v) is 6.22. The first-order chi connectivity index (χ1) is 15.2. The Morgan fingerprint density at radius 1 is 1.09 bits per heavy atom. The zero-order valence-corrected chi connectivity index (χ0v) is 18.0. The highest BCUT2D eigenvalue weighted by molar-refractivity contribution is 6.59. The topological polar surface area (TPSA) is 89.6 Å². The smallest absolute Gasteiger partial charge is 0.164 e. The first-order valence-corrected chi connectivity index (χ1v) is 10.6. The number of rotatable bonds is 3. The maximum Gasteiger partial charge on any atom is 0.164 e. The number of ether oxygens (including phenoxy) is 2. The van der Waals surface area contributed by atoms with Gasteiger partial charge in [0.1, 0.15) is 36.4 Å². The second-order valence-electron chi connectivity index (χ2n) is 9.41. The van der Waals surface area contributed by atoms with Gasteiger partial charge in [0.15, 0.2) is 17.9 Å². The molecule has 12 heteroatoms. The summed E-state index contributed by atoms with van der Waals surface area (Å²) < 4.78 is 41.2. The van der Waals surface area contributed by atoms with Crippen molar-refractivity contribution < 1.29 is 28.5 Å². The molecule has 0 aliphatic carbocycles. The van der Waals surface area contributed by atoms with Crippen LogP contribution < -0.4 is 0 Å². The molecular formula is C20H22B3F2N3O4. The fourth-order valence-electron chi connectivity index (χ4n) is 4.68. The Labute approximate surface area is 186 Å². The number of fused-ring (bicyclic) bond motifs is 2. The highest BCUT2D eigenvalue weighted by atomic mass is 19.2. The molecule has 2 aliphatic heterocycles. The van der Waals surface area contributed by atoms with Crippen LogP contribution in [0.25, 0.3) is 11.0 Å². The Bertz CT molecular complexity index is 1190. The summed E-state index contributed by atoms with van der Waals surface area (Å²) >= 11 is 0. The Morgan fingerprint density at radius 2 is 1.84 bits per heavy atom. The minimum Gasteiger partial charge on any atom is -0.387 e. The van der Waals surface area contributed by atoms with Gasteiger partial charge in [-0.2, -0.15) is 0 Å². The van der Waals surface area contributed by atoms with Crippen molar-refractivity contribution >= 4 is 34.6 Å². The van der Waals surface area contributed by atoms with Gasteiger partial charge in [-0.15, -0.1) is 0 Å². The van der Waals surface area contributed by atoms with Crippen molar-refractivity contribution in [1.29, 1.82) is 0 Å². The molecule has 1 fully saturated rings. The minimum absolute atomic E-state index is 0.219. The predicted molar refractivity (Wildman–Crippen MR) is 120 cm³/mol. The zero-order chi connectivity index (χ0) is 22.8. The van der Waals surface area contributed by atoms with E-state index in [9.17, 15) is 19.0 Å². The average molecular weight is 439 g/mol. The van der Waals surface area contributed by atoms with Crippen molar-refractivity contribution in [3.8, 4) is 0 Å². The van der Waals surface area contributed by atoms with E-state index in [1.54, 1.807) is 10.8 Å². The molecule has 0 saturated carbocycles. The molecule has 4 heterocycles. The van der Waals surface area contributed by atoms with Crippen molar-refractivity contribution in [3.05, 3.63) is 59.2 Å². The van der Waals surface area contributed by atoms with Crippen LogP contribution in [-0.2, 0) is 21.0 Å². The van der Waals surface area contributed by atoms with Gasteiger partial charge >= 0.3 is 0 Å². The SMILES string of the molecule is BC(B)(B)c1ncnc2c1ccn2C1O[C@H]([C@@H]2OCCc3cc(F)c(F)cc32)[C@@H](O)[C@H]1O. The average Bonchev–Trinajstić information content (AvgIpc) is 3.29. The monoisotopic (exact) mass is 439 g/mol. The van der Waals surface area contributed by atoms with Crippen LogP contribution in [0.4, 0.5) is 8.78 Å². The van der Waals surface area contributed by atoms with Gasteiger partial charge < -0.3 is 24.3 Å². The van der Waals surface area contributed by atoms with Gasteiger partial charge in [0.2, 0.25) is 0 Å². The molecule has 2 aromatic heterocycles. The summed E-state index contributed by atoms with van der Waals surface area (Å²) in [7, 11) is 6.14. The lowest BCUT2D eigenvalue weighted by Crippen LogP contribution is -2.37. The number of hydrogen-bond donors (Lipinski definition) is 2. The van der Waals surface area contributed by atoms with Crippen LogP contribution in [0.15, 0.2) is 30.7 Å². The molecule has 5 rings (SSSR count). The molecule has 0 radical (unpaired) electrons. The first-order valence-electron chi connectivity index (χ1n) is 10.6. The van der Waals surface area contributed by atoms with Gasteiger partial charge in [-0.25, -0.2) is 18.7 Å². The molecule has 2 N–H and O–H groups in total. The molecule has 0 amide bonds. The van der Waals surface area contributed by atoms with E-state index in [0.717, 1.165) is 23.2 Å². The first kappa shape index (κ1) is 21.6. The largest absolute Gasteiger partial charge is 0.387 e. The summed E-state index contributed by atoms with van der Waals surface area (Å²) in [5, 5.41) is 22.3. The number of hydrogen-bond acceptors (Lipinski definition) is 6. The van der Waals surface area contributed by atoms with Crippen molar-refractivity contribution in [2.45, 2.75) is 42.2 Å². The molecule has 1 unspecified atom stereocenters. The molecule has 1 aromatic carbocycles. The molecule has 2 aliphatic rings. The summed E-state index contributed by atoms with van der Waals surface area (Å²) in [6, 6.07) is 4.09. The lowest BCUT2D eigenvalue weighted by atomic mass is 9.41. The summed E-state index contributed by atoms with van der Waals surface area (Å²) in [4.78, 5) is 8.79. The van der Waals surface area contributed by atoms with E-state index in [2.05, 4.69) is 9.97 Å². The number of aromatic nitrogens is 3. The van der Waals surface area contributed by atoms with E-state index < -0.39 is 42.3 Å². The normalized spacial score (nSPS) is 28.2. The second-order valence-corrected chi connectivity index (χ2v) is 9.41. The molecule has 0 spiro atoms. The maximum atomic E-state index is 13.9. The molecule has 32 heavy (non-hydrogen) atoms. The molecule has 7 nitrogen and oxygen atoms in total.